The number of nitrogens with one attached hydrogen (secondary N) is 2. The van der Waals surface area contributed by atoms with Gasteiger partial charge in [-0.15, -0.1) is 4.28 Å². The molecule has 2 fully saturated rings. The van der Waals surface area contributed by atoms with E-state index in [1.165, 1.54) is 0 Å². The number of fused-ring (bicyclic) bond motifs is 2. The first kappa shape index (κ1) is 19.1. The summed E-state index contributed by atoms with van der Waals surface area (Å²) in [7, 11) is -4.85. The maximum absolute atomic E-state index is 12.4. The normalized spacial score (nSPS) is 21.9. The molecule has 27 heavy (non-hydrogen) atoms. The Morgan fingerprint density at radius 3 is 2.48 bits per heavy atom. The summed E-state index contributed by atoms with van der Waals surface area (Å²) in [4.78, 5) is 37.8. The summed E-state index contributed by atoms with van der Waals surface area (Å²) in [5, 5.41) is 0.549. The van der Waals surface area contributed by atoms with Crippen LogP contribution in [0.1, 0.15) is 28.8 Å². The molecule has 0 saturated carbocycles. The molecule has 3 N–H and O–H groups in total. The zero-order valence-electron chi connectivity index (χ0n) is 14.3. The molecular formula is C15H18N4O7S. The third-order valence-electron chi connectivity index (χ3n) is 4.41. The zero-order chi connectivity index (χ0) is 19.8. The first-order chi connectivity index (χ1) is 12.7. The highest BCUT2D eigenvalue weighted by Crippen LogP contribution is 2.30. The fourth-order valence-corrected chi connectivity index (χ4v) is 3.47. The van der Waals surface area contributed by atoms with Crippen molar-refractivity contribution < 1.29 is 31.6 Å². The molecule has 0 radical (unpaired) electrons. The van der Waals surface area contributed by atoms with Crippen molar-refractivity contribution in [3.05, 3.63) is 35.4 Å². The van der Waals surface area contributed by atoms with Crippen LogP contribution in [0.2, 0.25) is 0 Å². The van der Waals surface area contributed by atoms with Crippen molar-refractivity contribution in [2.75, 3.05) is 6.54 Å². The largest absolute Gasteiger partial charge is 0.418 e. The van der Waals surface area contributed by atoms with Crippen molar-refractivity contribution in [2.24, 2.45) is 0 Å². The Morgan fingerprint density at radius 2 is 1.85 bits per heavy atom. The van der Waals surface area contributed by atoms with Crippen LogP contribution >= 0.6 is 0 Å². The predicted octanol–water partition coefficient (Wildman–Crippen LogP) is -0.241. The molecule has 2 aliphatic heterocycles. The Hall–Kier alpha value is -2.70. The van der Waals surface area contributed by atoms with Gasteiger partial charge in [0.1, 0.15) is 6.04 Å². The number of hydrogen-bond acceptors (Lipinski definition) is 6. The summed E-state index contributed by atoms with van der Waals surface area (Å²) in [5.74, 6) is -1.13. The topological polar surface area (TPSA) is 145 Å². The lowest BCUT2D eigenvalue weighted by atomic mass is 10.0. The Bertz CT molecular complexity index is 871. The Morgan fingerprint density at radius 1 is 1.19 bits per heavy atom. The lowest BCUT2D eigenvalue weighted by Gasteiger charge is -2.29. The van der Waals surface area contributed by atoms with Crippen LogP contribution in [0.4, 0.5) is 4.79 Å². The number of benzene rings is 1. The Labute approximate surface area is 155 Å². The second-order valence-electron chi connectivity index (χ2n) is 6.32. The number of hydrazine groups is 1. The van der Waals surface area contributed by atoms with Crippen molar-refractivity contribution in [1.29, 1.82) is 0 Å². The van der Waals surface area contributed by atoms with Crippen LogP contribution in [0.5, 0.6) is 0 Å². The van der Waals surface area contributed by atoms with Gasteiger partial charge >= 0.3 is 16.4 Å². The van der Waals surface area contributed by atoms with E-state index < -0.39 is 40.3 Å². The number of aryl methyl sites for hydroxylation is 1. The minimum atomic E-state index is -4.85. The Balaban J connectivity index is 1.60. The number of nitrogens with zero attached hydrogens (tertiary/aromatic N) is 2. The molecule has 2 bridgehead atoms. The summed E-state index contributed by atoms with van der Waals surface area (Å²) in [5.41, 5.74) is 5.89. The molecule has 1 aromatic rings. The Kier molecular flexibility index (Phi) is 5.04. The molecule has 1 aromatic carbocycles. The fourth-order valence-electron chi connectivity index (χ4n) is 3.08. The molecule has 3 rings (SSSR count). The summed E-state index contributed by atoms with van der Waals surface area (Å²) in [6.45, 7) is 1.94. The maximum Gasteiger partial charge on any atom is 0.418 e. The number of hydroxylamine groups is 2. The summed E-state index contributed by atoms with van der Waals surface area (Å²) < 4.78 is 34.8. The van der Waals surface area contributed by atoms with Gasteiger partial charge in [0.2, 0.25) is 0 Å². The average Bonchev–Trinajstić information content (AvgIpc) is 2.83. The molecule has 0 aliphatic carbocycles. The van der Waals surface area contributed by atoms with Crippen molar-refractivity contribution >= 4 is 28.2 Å². The third-order valence-corrected chi connectivity index (χ3v) is 4.76. The number of amides is 4. The first-order valence-electron chi connectivity index (χ1n) is 8.09. The van der Waals surface area contributed by atoms with E-state index in [1.54, 1.807) is 24.3 Å². The third kappa shape index (κ3) is 4.18. The second-order valence-corrected chi connectivity index (χ2v) is 7.32. The van der Waals surface area contributed by atoms with Gasteiger partial charge in [-0.1, -0.05) is 17.7 Å². The van der Waals surface area contributed by atoms with Crippen LogP contribution in [0.3, 0.4) is 0 Å². The minimum Gasteiger partial charge on any atom is -0.309 e. The molecule has 2 atom stereocenters. The quantitative estimate of drug-likeness (QED) is 0.469. The van der Waals surface area contributed by atoms with Gasteiger partial charge in [0.25, 0.3) is 11.8 Å². The van der Waals surface area contributed by atoms with Crippen LogP contribution in [-0.2, 0) is 19.5 Å². The average molecular weight is 398 g/mol. The van der Waals surface area contributed by atoms with Gasteiger partial charge < -0.3 is 4.90 Å². The van der Waals surface area contributed by atoms with E-state index >= 15 is 0 Å². The first-order valence-corrected chi connectivity index (χ1v) is 9.46. The van der Waals surface area contributed by atoms with Gasteiger partial charge in [0.15, 0.2) is 0 Å². The van der Waals surface area contributed by atoms with E-state index in [0.29, 0.717) is 17.0 Å². The summed E-state index contributed by atoms with van der Waals surface area (Å²) >= 11 is 0. The van der Waals surface area contributed by atoms with Crippen LogP contribution in [0.15, 0.2) is 24.3 Å². The molecule has 0 unspecified atom stereocenters. The van der Waals surface area contributed by atoms with Gasteiger partial charge in [0, 0.05) is 12.1 Å². The molecular weight excluding hydrogens is 380 g/mol. The van der Waals surface area contributed by atoms with Gasteiger partial charge in [-0.05, 0) is 31.9 Å². The monoisotopic (exact) mass is 398 g/mol. The minimum absolute atomic E-state index is 0.0678. The van der Waals surface area contributed by atoms with Crippen LogP contribution < -0.4 is 10.9 Å². The van der Waals surface area contributed by atoms with Gasteiger partial charge in [-0.2, -0.15) is 13.5 Å². The van der Waals surface area contributed by atoms with E-state index in [2.05, 4.69) is 15.1 Å². The highest BCUT2D eigenvalue weighted by molar-refractivity contribution is 7.80. The molecule has 2 saturated heterocycles. The van der Waals surface area contributed by atoms with Gasteiger partial charge in [-0.3, -0.25) is 25.0 Å². The van der Waals surface area contributed by atoms with Crippen LogP contribution in [0, 0.1) is 6.92 Å². The molecule has 4 amide bonds. The number of piperidine rings is 1. The number of carbonyl (C=O) groups excluding carboxylic acids is 3. The highest BCUT2D eigenvalue weighted by Gasteiger charge is 2.49. The van der Waals surface area contributed by atoms with Crippen LogP contribution in [-0.4, -0.2) is 59.4 Å². The lowest BCUT2D eigenvalue weighted by Crippen LogP contribution is -2.54. The molecule has 11 nitrogen and oxygen atoms in total. The standard InChI is InChI=1S/C15H18N4O7S/c1-9-2-4-10(5-3-9)13(20)16-17-14(21)12-7-6-11-8-18(12)15(22)19(11)26-27(23,24)25/h2-5,11-12H,6-8H2,1H3,(H,16,20)(H,17,21)(H,23,24,25)/t11-,12+/m1/s1. The molecule has 2 aliphatic rings. The molecule has 0 aromatic heterocycles. The van der Waals surface area contributed by atoms with Crippen molar-refractivity contribution in [3.8, 4) is 0 Å². The number of hydrogen-bond donors (Lipinski definition) is 3. The number of carbonyl (C=O) groups is 3. The van der Waals surface area contributed by atoms with Crippen LogP contribution in [0.25, 0.3) is 0 Å². The zero-order valence-corrected chi connectivity index (χ0v) is 15.1. The smallest absolute Gasteiger partial charge is 0.309 e. The van der Waals surface area contributed by atoms with E-state index in [9.17, 15) is 22.8 Å². The molecule has 146 valence electrons. The molecule has 2 heterocycles. The van der Waals surface area contributed by atoms with Gasteiger partial charge in [0.05, 0.1) is 6.04 Å². The predicted molar refractivity (Wildman–Crippen MR) is 90.2 cm³/mol. The van der Waals surface area contributed by atoms with E-state index in [0.717, 1.165) is 10.5 Å². The van der Waals surface area contributed by atoms with E-state index in [-0.39, 0.29) is 13.0 Å². The summed E-state index contributed by atoms with van der Waals surface area (Å²) in [6, 6.07) is 4.38. The fraction of sp³-hybridized carbons (Fsp3) is 0.400. The SMILES string of the molecule is Cc1ccc(C(=O)NNC(=O)[C@@H]2CC[C@@H]3CN2C(=O)N3OS(=O)(=O)O)cc1. The van der Waals surface area contributed by atoms with Gasteiger partial charge in [-0.25, -0.2) is 4.79 Å². The summed E-state index contributed by atoms with van der Waals surface area (Å²) in [6.07, 6.45) is 0.537. The van der Waals surface area contributed by atoms with Crippen molar-refractivity contribution in [3.63, 3.8) is 0 Å². The van der Waals surface area contributed by atoms with E-state index in [1.807, 2.05) is 6.92 Å². The number of urea groups is 1. The number of rotatable bonds is 4. The van der Waals surface area contributed by atoms with E-state index in [4.69, 9.17) is 4.55 Å². The lowest BCUT2D eigenvalue weighted by molar-refractivity contribution is -0.126. The molecule has 0 spiro atoms. The second kappa shape index (κ2) is 7.13. The molecule has 12 heteroatoms. The maximum atomic E-state index is 12.4. The highest BCUT2D eigenvalue weighted by atomic mass is 32.3. The van der Waals surface area contributed by atoms with Crippen molar-refractivity contribution in [1.82, 2.24) is 20.8 Å². The van der Waals surface area contributed by atoms with Crippen molar-refractivity contribution in [2.45, 2.75) is 31.8 Å².